The van der Waals surface area contributed by atoms with Crippen LogP contribution in [-0.2, 0) is 24.7 Å². The molecule has 0 aliphatic carbocycles. The third kappa shape index (κ3) is 5.91. The number of piperidine rings is 1. The van der Waals surface area contributed by atoms with Gasteiger partial charge in [-0.3, -0.25) is 9.48 Å². The quantitative estimate of drug-likeness (QED) is 0.664. The first-order chi connectivity index (χ1) is 14.3. The number of nitrogens with zero attached hydrogens (tertiary/aromatic N) is 4. The zero-order valence-electron chi connectivity index (χ0n) is 18.8. The summed E-state index contributed by atoms with van der Waals surface area (Å²) in [6, 6.07) is 6.81. The van der Waals surface area contributed by atoms with Gasteiger partial charge in [-0.25, -0.2) is 4.39 Å². The van der Waals surface area contributed by atoms with Gasteiger partial charge in [-0.05, 0) is 81.8 Å². The Balaban J connectivity index is 1.37. The van der Waals surface area contributed by atoms with E-state index < -0.39 is 0 Å². The van der Waals surface area contributed by atoms with Crippen molar-refractivity contribution in [2.45, 2.75) is 46.0 Å². The Hall–Kier alpha value is -2.21. The first kappa shape index (κ1) is 22.5. The van der Waals surface area contributed by atoms with Crippen LogP contribution in [0.3, 0.4) is 0 Å². The van der Waals surface area contributed by atoms with Crippen molar-refractivity contribution in [3.63, 3.8) is 0 Å². The normalized spacial score (nSPS) is 15.5. The van der Waals surface area contributed by atoms with Crippen LogP contribution in [0.25, 0.3) is 0 Å². The summed E-state index contributed by atoms with van der Waals surface area (Å²) < 4.78 is 14.9. The average molecular weight is 415 g/mol. The summed E-state index contributed by atoms with van der Waals surface area (Å²) in [5.74, 6) is 0.614. The smallest absolute Gasteiger partial charge is 0.222 e. The SMILES string of the molecule is Cc1nn(C)c(C)c1CCC(=O)N(C)CC1CCN(CCc2ccc(F)cc2)CC1. The summed E-state index contributed by atoms with van der Waals surface area (Å²) in [6.45, 7) is 8.07. The molecule has 1 aromatic heterocycles. The topological polar surface area (TPSA) is 41.4 Å². The number of rotatable bonds is 8. The van der Waals surface area contributed by atoms with Crippen LogP contribution in [0.5, 0.6) is 0 Å². The summed E-state index contributed by atoms with van der Waals surface area (Å²) in [4.78, 5) is 17.0. The van der Waals surface area contributed by atoms with Gasteiger partial charge in [0.15, 0.2) is 0 Å². The lowest BCUT2D eigenvalue weighted by atomic mass is 9.95. The van der Waals surface area contributed by atoms with E-state index in [0.717, 1.165) is 63.3 Å². The van der Waals surface area contributed by atoms with E-state index in [0.29, 0.717) is 12.3 Å². The lowest BCUT2D eigenvalue weighted by molar-refractivity contribution is -0.130. The molecule has 0 saturated carbocycles. The van der Waals surface area contributed by atoms with Gasteiger partial charge in [0.2, 0.25) is 5.91 Å². The molecule has 164 valence electrons. The molecule has 5 nitrogen and oxygen atoms in total. The minimum absolute atomic E-state index is 0.177. The third-order valence-electron chi connectivity index (χ3n) is 6.54. The molecule has 6 heteroatoms. The second-order valence-electron chi connectivity index (χ2n) is 8.71. The number of hydrogen-bond acceptors (Lipinski definition) is 3. The molecule has 0 bridgehead atoms. The highest BCUT2D eigenvalue weighted by Crippen LogP contribution is 2.20. The zero-order chi connectivity index (χ0) is 21.7. The van der Waals surface area contributed by atoms with Gasteiger partial charge < -0.3 is 9.80 Å². The Kier molecular flexibility index (Phi) is 7.64. The molecule has 0 radical (unpaired) electrons. The van der Waals surface area contributed by atoms with Gasteiger partial charge in [-0.15, -0.1) is 0 Å². The Bertz CT molecular complexity index is 838. The van der Waals surface area contributed by atoms with Crippen LogP contribution in [0.2, 0.25) is 0 Å². The van der Waals surface area contributed by atoms with Crippen LogP contribution in [0, 0.1) is 25.6 Å². The van der Waals surface area contributed by atoms with Crippen molar-refractivity contribution in [2.75, 3.05) is 33.2 Å². The minimum atomic E-state index is -0.177. The molecule has 0 N–H and O–H groups in total. The van der Waals surface area contributed by atoms with Crippen molar-refractivity contribution in [3.05, 3.63) is 52.6 Å². The number of carbonyl (C=O) groups excluding carboxylic acids is 1. The lowest BCUT2D eigenvalue weighted by Gasteiger charge is -2.34. The Morgan fingerprint density at radius 2 is 1.83 bits per heavy atom. The first-order valence-corrected chi connectivity index (χ1v) is 11.0. The van der Waals surface area contributed by atoms with Crippen LogP contribution in [0.4, 0.5) is 4.39 Å². The van der Waals surface area contributed by atoms with Crippen molar-refractivity contribution in [3.8, 4) is 0 Å². The number of hydrogen-bond donors (Lipinski definition) is 0. The predicted octanol–water partition coefficient (Wildman–Crippen LogP) is 3.52. The van der Waals surface area contributed by atoms with Crippen LogP contribution in [0.15, 0.2) is 24.3 Å². The van der Waals surface area contributed by atoms with Crippen molar-refractivity contribution in [2.24, 2.45) is 13.0 Å². The van der Waals surface area contributed by atoms with Crippen molar-refractivity contribution < 1.29 is 9.18 Å². The second-order valence-corrected chi connectivity index (χ2v) is 8.71. The fourth-order valence-electron chi connectivity index (χ4n) is 4.42. The number of halogens is 1. The molecular weight excluding hydrogens is 379 g/mol. The molecule has 1 aliphatic rings. The molecule has 30 heavy (non-hydrogen) atoms. The third-order valence-corrected chi connectivity index (χ3v) is 6.54. The maximum Gasteiger partial charge on any atom is 0.222 e. The Morgan fingerprint density at radius 1 is 1.17 bits per heavy atom. The molecule has 1 amide bonds. The number of amides is 1. The minimum Gasteiger partial charge on any atom is -0.345 e. The van der Waals surface area contributed by atoms with E-state index in [9.17, 15) is 9.18 Å². The van der Waals surface area contributed by atoms with Gasteiger partial charge in [-0.2, -0.15) is 5.10 Å². The molecule has 1 aromatic carbocycles. The number of likely N-dealkylation sites (tertiary alicyclic amines) is 1. The van der Waals surface area contributed by atoms with Crippen molar-refractivity contribution in [1.29, 1.82) is 0 Å². The highest BCUT2D eigenvalue weighted by atomic mass is 19.1. The van der Waals surface area contributed by atoms with Crippen molar-refractivity contribution >= 4 is 5.91 Å². The largest absolute Gasteiger partial charge is 0.345 e. The predicted molar refractivity (Wildman–Crippen MR) is 118 cm³/mol. The number of aryl methyl sites for hydroxylation is 2. The number of aromatic nitrogens is 2. The van der Waals surface area contributed by atoms with Gasteiger partial charge in [0.05, 0.1) is 5.69 Å². The van der Waals surface area contributed by atoms with Gasteiger partial charge >= 0.3 is 0 Å². The van der Waals surface area contributed by atoms with E-state index in [1.165, 1.54) is 23.3 Å². The van der Waals surface area contributed by atoms with E-state index in [1.807, 2.05) is 42.7 Å². The van der Waals surface area contributed by atoms with E-state index in [1.54, 1.807) is 0 Å². The Morgan fingerprint density at radius 3 is 2.43 bits per heavy atom. The first-order valence-electron chi connectivity index (χ1n) is 11.0. The van der Waals surface area contributed by atoms with Crippen molar-refractivity contribution in [1.82, 2.24) is 19.6 Å². The molecule has 2 aromatic rings. The monoisotopic (exact) mass is 414 g/mol. The molecule has 1 aliphatic heterocycles. The molecule has 2 heterocycles. The fraction of sp³-hybridized carbons (Fsp3) is 0.583. The molecule has 0 unspecified atom stereocenters. The summed E-state index contributed by atoms with van der Waals surface area (Å²) in [5, 5.41) is 4.44. The van der Waals surface area contributed by atoms with Crippen LogP contribution >= 0.6 is 0 Å². The maximum atomic E-state index is 13.0. The van der Waals surface area contributed by atoms with E-state index >= 15 is 0 Å². The van der Waals surface area contributed by atoms with Gasteiger partial charge in [-0.1, -0.05) is 12.1 Å². The van der Waals surface area contributed by atoms with Gasteiger partial charge in [0, 0.05) is 39.3 Å². The maximum absolute atomic E-state index is 13.0. The summed E-state index contributed by atoms with van der Waals surface area (Å²) >= 11 is 0. The molecule has 0 atom stereocenters. The van der Waals surface area contributed by atoms with Crippen LogP contribution in [0.1, 0.15) is 41.8 Å². The van der Waals surface area contributed by atoms with Crippen LogP contribution in [-0.4, -0.2) is 58.7 Å². The highest BCUT2D eigenvalue weighted by molar-refractivity contribution is 5.76. The number of benzene rings is 1. The second kappa shape index (κ2) is 10.2. The Labute approximate surface area is 179 Å². The molecule has 1 fully saturated rings. The summed E-state index contributed by atoms with van der Waals surface area (Å²) in [7, 11) is 3.89. The summed E-state index contributed by atoms with van der Waals surface area (Å²) in [5.41, 5.74) is 4.56. The lowest BCUT2D eigenvalue weighted by Crippen LogP contribution is -2.40. The number of carbonyl (C=O) groups is 1. The van der Waals surface area contributed by atoms with E-state index in [2.05, 4.69) is 16.9 Å². The standard InChI is InChI=1S/C24H35FN4O/c1-18-23(19(2)28(4)26-18)9-10-24(30)27(3)17-21-12-15-29(16-13-21)14-11-20-5-7-22(25)8-6-20/h5-8,21H,9-17H2,1-4H3. The summed E-state index contributed by atoms with van der Waals surface area (Å²) in [6.07, 6.45) is 4.51. The molecular formula is C24H35FN4O. The molecule has 0 spiro atoms. The fourth-order valence-corrected chi connectivity index (χ4v) is 4.42. The van der Waals surface area contributed by atoms with Gasteiger partial charge in [0.1, 0.15) is 5.82 Å². The van der Waals surface area contributed by atoms with Crippen LogP contribution < -0.4 is 0 Å². The zero-order valence-corrected chi connectivity index (χ0v) is 18.8. The molecule has 1 saturated heterocycles. The average Bonchev–Trinajstić information content (AvgIpc) is 2.98. The van der Waals surface area contributed by atoms with E-state index in [-0.39, 0.29) is 11.7 Å². The van der Waals surface area contributed by atoms with E-state index in [4.69, 9.17) is 0 Å². The highest BCUT2D eigenvalue weighted by Gasteiger charge is 2.22. The molecule has 3 rings (SSSR count). The van der Waals surface area contributed by atoms with Gasteiger partial charge in [0.25, 0.3) is 0 Å².